The molecule has 5 nitrogen and oxygen atoms in total. The molecule has 0 saturated carbocycles. The molecular weight excluding hydrogens is 407 g/mol. The van der Waals surface area contributed by atoms with Crippen LogP contribution in [0.5, 0.6) is 0 Å². The molecule has 1 fully saturated rings. The first-order valence-electron chi connectivity index (χ1n) is 10.3. The van der Waals surface area contributed by atoms with E-state index in [0.29, 0.717) is 38.0 Å². The Morgan fingerprint density at radius 3 is 2.26 bits per heavy atom. The molecule has 1 aliphatic heterocycles. The Bertz CT molecular complexity index is 920. The van der Waals surface area contributed by atoms with E-state index in [1.165, 1.54) is 12.1 Å². The Morgan fingerprint density at radius 1 is 1.06 bits per heavy atom. The predicted molar refractivity (Wildman–Crippen MR) is 113 cm³/mol. The molecule has 1 N–H and O–H groups in total. The third kappa shape index (κ3) is 5.37. The summed E-state index contributed by atoms with van der Waals surface area (Å²) in [6, 6.07) is 11.6. The van der Waals surface area contributed by atoms with Gasteiger partial charge in [-0.05, 0) is 56.2 Å². The number of amides is 2. The van der Waals surface area contributed by atoms with E-state index < -0.39 is 11.7 Å². The maximum Gasteiger partial charge on any atom is 0.416 e. The van der Waals surface area contributed by atoms with Gasteiger partial charge in [-0.15, -0.1) is 0 Å². The minimum absolute atomic E-state index is 0.0316. The number of benzene rings is 2. The summed E-state index contributed by atoms with van der Waals surface area (Å²) in [7, 11) is 1.77. The average molecular weight is 433 g/mol. The first-order valence-corrected chi connectivity index (χ1v) is 10.3. The number of carbonyl (C=O) groups excluding carboxylic acids is 2. The molecule has 0 spiro atoms. The van der Waals surface area contributed by atoms with Crippen LogP contribution in [0.15, 0.2) is 48.5 Å². The van der Waals surface area contributed by atoms with E-state index in [9.17, 15) is 22.8 Å². The number of hydrogen-bond donors (Lipinski definition) is 1. The van der Waals surface area contributed by atoms with Crippen LogP contribution in [0.4, 0.5) is 18.9 Å². The topological polar surface area (TPSA) is 52.7 Å². The summed E-state index contributed by atoms with van der Waals surface area (Å²) >= 11 is 0. The number of halogens is 3. The lowest BCUT2D eigenvalue weighted by molar-refractivity contribution is -0.137. The molecule has 31 heavy (non-hydrogen) atoms. The summed E-state index contributed by atoms with van der Waals surface area (Å²) in [6.07, 6.45) is -3.07. The lowest BCUT2D eigenvalue weighted by Gasteiger charge is -2.35. The number of nitrogens with one attached hydrogen (secondary N) is 1. The second kappa shape index (κ2) is 9.41. The molecule has 2 aromatic carbocycles. The second-order valence-electron chi connectivity index (χ2n) is 7.65. The molecule has 2 aromatic rings. The van der Waals surface area contributed by atoms with Crippen molar-refractivity contribution >= 4 is 17.5 Å². The zero-order chi connectivity index (χ0) is 22.6. The van der Waals surface area contributed by atoms with Crippen molar-refractivity contribution in [2.75, 3.05) is 31.6 Å². The van der Waals surface area contributed by atoms with Crippen molar-refractivity contribution in [2.45, 2.75) is 32.0 Å². The predicted octanol–water partition coefficient (Wildman–Crippen LogP) is 4.20. The maximum atomic E-state index is 12.7. The molecule has 3 rings (SSSR count). The Morgan fingerprint density at radius 2 is 1.68 bits per heavy atom. The van der Waals surface area contributed by atoms with Crippen LogP contribution in [-0.4, -0.2) is 49.4 Å². The van der Waals surface area contributed by atoms with Gasteiger partial charge in [-0.2, -0.15) is 13.2 Å². The summed E-state index contributed by atoms with van der Waals surface area (Å²) in [4.78, 5) is 28.9. The number of rotatable bonds is 5. The number of carbonyl (C=O) groups is 2. The van der Waals surface area contributed by atoms with Crippen LogP contribution in [-0.2, 0) is 6.18 Å². The minimum Gasteiger partial charge on any atom is -0.371 e. The van der Waals surface area contributed by atoms with Gasteiger partial charge in [0.05, 0.1) is 11.1 Å². The fourth-order valence-electron chi connectivity index (χ4n) is 3.62. The Kier molecular flexibility index (Phi) is 6.87. The molecule has 0 atom stereocenters. The Balaban J connectivity index is 1.60. The first-order chi connectivity index (χ1) is 14.7. The fraction of sp³-hybridized carbons (Fsp3) is 0.391. The van der Waals surface area contributed by atoms with Gasteiger partial charge in [0.15, 0.2) is 0 Å². The van der Waals surface area contributed by atoms with Gasteiger partial charge in [0.25, 0.3) is 11.8 Å². The van der Waals surface area contributed by atoms with Crippen molar-refractivity contribution in [3.8, 4) is 0 Å². The summed E-state index contributed by atoms with van der Waals surface area (Å²) in [5.41, 5.74) is 0.952. The van der Waals surface area contributed by atoms with Gasteiger partial charge in [-0.25, -0.2) is 0 Å². The lowest BCUT2D eigenvalue weighted by Crippen LogP contribution is -2.45. The molecule has 0 unspecified atom stereocenters. The molecule has 2 amide bonds. The second-order valence-corrected chi connectivity index (χ2v) is 7.65. The number of anilines is 1. The number of piperidine rings is 1. The van der Waals surface area contributed by atoms with E-state index >= 15 is 0 Å². The normalized spacial score (nSPS) is 14.9. The highest BCUT2D eigenvalue weighted by Crippen LogP contribution is 2.29. The van der Waals surface area contributed by atoms with Gasteiger partial charge in [-0.3, -0.25) is 9.59 Å². The van der Waals surface area contributed by atoms with E-state index in [4.69, 9.17) is 0 Å². The van der Waals surface area contributed by atoms with Crippen molar-refractivity contribution in [3.63, 3.8) is 0 Å². The number of para-hydroxylation sites is 1. The SMILES string of the molecule is CCN(C)C(=O)c1ccccc1N1CCC(NC(=O)c2ccc(C(F)(F)F)cc2)CC1. The van der Waals surface area contributed by atoms with Crippen molar-refractivity contribution in [1.29, 1.82) is 0 Å². The van der Waals surface area contributed by atoms with E-state index in [1.807, 2.05) is 31.2 Å². The summed E-state index contributed by atoms with van der Waals surface area (Å²) in [5.74, 6) is -0.414. The minimum atomic E-state index is -4.43. The summed E-state index contributed by atoms with van der Waals surface area (Å²) < 4.78 is 38.1. The van der Waals surface area contributed by atoms with Crippen LogP contribution < -0.4 is 10.2 Å². The van der Waals surface area contributed by atoms with Crippen LogP contribution in [0, 0.1) is 0 Å². The maximum absolute atomic E-state index is 12.7. The Labute approximate surface area is 179 Å². The quantitative estimate of drug-likeness (QED) is 0.769. The average Bonchev–Trinajstić information content (AvgIpc) is 2.78. The zero-order valence-electron chi connectivity index (χ0n) is 17.6. The van der Waals surface area contributed by atoms with Crippen LogP contribution in [0.3, 0.4) is 0 Å². The highest BCUT2D eigenvalue weighted by Gasteiger charge is 2.30. The molecule has 1 heterocycles. The van der Waals surface area contributed by atoms with Crippen molar-refractivity contribution in [2.24, 2.45) is 0 Å². The van der Waals surface area contributed by atoms with Gasteiger partial charge in [0.2, 0.25) is 0 Å². The Hall–Kier alpha value is -3.03. The largest absolute Gasteiger partial charge is 0.416 e. The van der Waals surface area contributed by atoms with Crippen molar-refractivity contribution in [1.82, 2.24) is 10.2 Å². The van der Waals surface area contributed by atoms with E-state index in [1.54, 1.807) is 11.9 Å². The monoisotopic (exact) mass is 433 g/mol. The van der Waals surface area contributed by atoms with Gasteiger partial charge in [0, 0.05) is 44.0 Å². The molecule has 8 heteroatoms. The number of nitrogens with zero attached hydrogens (tertiary/aromatic N) is 2. The van der Waals surface area contributed by atoms with Gasteiger partial charge < -0.3 is 15.1 Å². The smallest absolute Gasteiger partial charge is 0.371 e. The molecule has 0 aliphatic carbocycles. The fourth-order valence-corrected chi connectivity index (χ4v) is 3.62. The third-order valence-electron chi connectivity index (χ3n) is 5.60. The number of hydrogen-bond acceptors (Lipinski definition) is 3. The van der Waals surface area contributed by atoms with Crippen LogP contribution >= 0.6 is 0 Å². The summed E-state index contributed by atoms with van der Waals surface area (Å²) in [6.45, 7) is 3.87. The molecule has 0 bridgehead atoms. The van der Waals surface area contributed by atoms with Gasteiger partial charge in [-0.1, -0.05) is 12.1 Å². The van der Waals surface area contributed by atoms with Crippen LogP contribution in [0.25, 0.3) is 0 Å². The molecule has 0 radical (unpaired) electrons. The highest BCUT2D eigenvalue weighted by atomic mass is 19.4. The summed E-state index contributed by atoms with van der Waals surface area (Å²) in [5, 5.41) is 2.91. The standard InChI is InChI=1S/C23H26F3N3O2/c1-3-28(2)22(31)19-6-4-5-7-20(19)29-14-12-18(13-15-29)27-21(30)16-8-10-17(11-9-16)23(24,25)26/h4-11,18H,3,12-15H2,1-2H3,(H,27,30). The van der Waals surface area contributed by atoms with E-state index in [-0.39, 0.29) is 23.4 Å². The van der Waals surface area contributed by atoms with Crippen LogP contribution in [0.1, 0.15) is 46.0 Å². The van der Waals surface area contributed by atoms with Crippen molar-refractivity contribution < 1.29 is 22.8 Å². The van der Waals surface area contributed by atoms with Crippen molar-refractivity contribution in [3.05, 3.63) is 65.2 Å². The highest BCUT2D eigenvalue weighted by molar-refractivity contribution is 5.99. The van der Waals surface area contributed by atoms with Gasteiger partial charge >= 0.3 is 6.18 Å². The molecular formula is C23H26F3N3O2. The molecule has 0 aromatic heterocycles. The first kappa shape index (κ1) is 22.7. The third-order valence-corrected chi connectivity index (χ3v) is 5.60. The zero-order valence-corrected chi connectivity index (χ0v) is 17.6. The van der Waals surface area contributed by atoms with Gasteiger partial charge in [0.1, 0.15) is 0 Å². The van der Waals surface area contributed by atoms with E-state index in [0.717, 1.165) is 17.8 Å². The molecule has 1 saturated heterocycles. The molecule has 1 aliphatic rings. The number of alkyl halides is 3. The van der Waals surface area contributed by atoms with E-state index in [2.05, 4.69) is 10.2 Å². The lowest BCUT2D eigenvalue weighted by atomic mass is 10.0. The van der Waals surface area contributed by atoms with Crippen LogP contribution in [0.2, 0.25) is 0 Å². The molecule has 166 valence electrons.